The molecule has 114 valence electrons. The molecule has 0 spiro atoms. The van der Waals surface area contributed by atoms with Gasteiger partial charge in [-0.15, -0.1) is 0 Å². The molecule has 0 aliphatic carbocycles. The summed E-state index contributed by atoms with van der Waals surface area (Å²) in [4.78, 5) is 25.0. The van der Waals surface area contributed by atoms with Crippen molar-refractivity contribution in [2.75, 3.05) is 25.0 Å². The Hall–Kier alpha value is -1.59. The van der Waals surface area contributed by atoms with Crippen LogP contribution in [0.4, 0.5) is 5.69 Å². The molecule has 2 N–H and O–H groups in total. The molecule has 1 heterocycles. The lowest BCUT2D eigenvalue weighted by Gasteiger charge is -2.15. The molecule has 1 saturated heterocycles. The van der Waals surface area contributed by atoms with Gasteiger partial charge in [-0.3, -0.25) is 14.5 Å². The predicted octanol–water partition coefficient (Wildman–Crippen LogP) is 2.24. The molecule has 1 aliphatic heterocycles. The van der Waals surface area contributed by atoms with Crippen LogP contribution in [0.15, 0.2) is 18.2 Å². The quantitative estimate of drug-likeness (QED) is 0.895. The van der Waals surface area contributed by atoms with Gasteiger partial charge in [0.25, 0.3) is 0 Å². The SMILES string of the molecule is Cc1ccc(NC(=O)CN2C[C@@H](C)[C@H](C(=O)O)C2)c(Cl)c1. The molecule has 5 nitrogen and oxygen atoms in total. The number of hydrogen-bond donors (Lipinski definition) is 2. The Morgan fingerprint density at radius 3 is 2.71 bits per heavy atom. The number of halogens is 1. The number of aliphatic carboxylic acids is 1. The average molecular weight is 311 g/mol. The molecule has 2 rings (SSSR count). The Morgan fingerprint density at radius 1 is 1.43 bits per heavy atom. The van der Waals surface area contributed by atoms with E-state index in [2.05, 4.69) is 5.32 Å². The zero-order chi connectivity index (χ0) is 15.6. The maximum atomic E-state index is 12.0. The number of likely N-dealkylation sites (tertiary alicyclic amines) is 1. The van der Waals surface area contributed by atoms with Crippen LogP contribution >= 0.6 is 11.6 Å². The minimum atomic E-state index is -0.799. The van der Waals surface area contributed by atoms with Gasteiger partial charge in [0.2, 0.25) is 5.91 Å². The van der Waals surface area contributed by atoms with E-state index in [4.69, 9.17) is 16.7 Å². The highest BCUT2D eigenvalue weighted by Gasteiger charge is 2.35. The molecule has 1 amide bonds. The Balaban J connectivity index is 1.92. The van der Waals surface area contributed by atoms with Crippen molar-refractivity contribution in [3.8, 4) is 0 Å². The maximum Gasteiger partial charge on any atom is 0.308 e. The maximum absolute atomic E-state index is 12.0. The van der Waals surface area contributed by atoms with Crippen molar-refractivity contribution in [1.82, 2.24) is 4.90 Å². The first-order valence-corrected chi connectivity index (χ1v) is 7.25. The molecule has 1 aromatic rings. The third kappa shape index (κ3) is 3.95. The van der Waals surface area contributed by atoms with Crippen LogP contribution in [0.3, 0.4) is 0 Å². The Bertz CT molecular complexity index is 562. The second-order valence-electron chi connectivity index (χ2n) is 5.65. The van der Waals surface area contributed by atoms with Gasteiger partial charge in [-0.2, -0.15) is 0 Å². The van der Waals surface area contributed by atoms with E-state index in [0.29, 0.717) is 23.8 Å². The van der Waals surface area contributed by atoms with Crippen LogP contribution in [0.2, 0.25) is 5.02 Å². The second kappa shape index (κ2) is 6.45. The molecular formula is C15H19ClN2O3. The highest BCUT2D eigenvalue weighted by Crippen LogP contribution is 2.24. The van der Waals surface area contributed by atoms with Crippen LogP contribution in [0, 0.1) is 18.8 Å². The summed E-state index contributed by atoms with van der Waals surface area (Å²) >= 11 is 6.07. The van der Waals surface area contributed by atoms with E-state index in [-0.39, 0.29) is 18.4 Å². The first-order valence-electron chi connectivity index (χ1n) is 6.88. The van der Waals surface area contributed by atoms with Crippen molar-refractivity contribution < 1.29 is 14.7 Å². The average Bonchev–Trinajstić information content (AvgIpc) is 2.74. The van der Waals surface area contributed by atoms with Gasteiger partial charge in [0.1, 0.15) is 0 Å². The summed E-state index contributed by atoms with van der Waals surface area (Å²) in [6, 6.07) is 5.43. The topological polar surface area (TPSA) is 69.6 Å². The van der Waals surface area contributed by atoms with E-state index in [1.54, 1.807) is 12.1 Å². The van der Waals surface area contributed by atoms with Crippen LogP contribution < -0.4 is 5.32 Å². The third-order valence-corrected chi connectivity index (χ3v) is 4.08. The van der Waals surface area contributed by atoms with E-state index >= 15 is 0 Å². The molecule has 1 fully saturated rings. The minimum absolute atomic E-state index is 0.0539. The first kappa shape index (κ1) is 15.8. The molecule has 21 heavy (non-hydrogen) atoms. The Labute approximate surface area is 128 Å². The third-order valence-electron chi connectivity index (χ3n) is 3.77. The summed E-state index contributed by atoms with van der Waals surface area (Å²) in [6.07, 6.45) is 0. The number of rotatable bonds is 4. The molecular weight excluding hydrogens is 292 g/mol. The zero-order valence-electron chi connectivity index (χ0n) is 12.1. The van der Waals surface area contributed by atoms with E-state index in [0.717, 1.165) is 5.56 Å². The summed E-state index contributed by atoms with van der Waals surface area (Å²) in [5.74, 6) is -1.33. The van der Waals surface area contributed by atoms with Crippen LogP contribution in [-0.2, 0) is 9.59 Å². The van der Waals surface area contributed by atoms with Crippen molar-refractivity contribution >= 4 is 29.2 Å². The number of anilines is 1. The van der Waals surface area contributed by atoms with Gasteiger partial charge in [0, 0.05) is 13.1 Å². The molecule has 0 unspecified atom stereocenters. The van der Waals surface area contributed by atoms with Crippen molar-refractivity contribution in [2.24, 2.45) is 11.8 Å². The standard InChI is InChI=1S/C15H19ClN2O3/c1-9-3-4-13(12(16)5-9)17-14(19)8-18-6-10(2)11(7-18)15(20)21/h3-5,10-11H,6-8H2,1-2H3,(H,17,19)(H,20,21)/t10-,11-/m1/s1. The molecule has 0 aromatic heterocycles. The van der Waals surface area contributed by atoms with Crippen molar-refractivity contribution in [3.05, 3.63) is 28.8 Å². The van der Waals surface area contributed by atoms with Gasteiger partial charge < -0.3 is 10.4 Å². The number of carboxylic acids is 1. The fourth-order valence-corrected chi connectivity index (χ4v) is 2.91. The molecule has 0 bridgehead atoms. The predicted molar refractivity (Wildman–Crippen MR) is 81.5 cm³/mol. The number of carboxylic acid groups (broad SMARTS) is 1. The van der Waals surface area contributed by atoms with E-state index < -0.39 is 11.9 Å². The summed E-state index contributed by atoms with van der Waals surface area (Å²) < 4.78 is 0. The lowest BCUT2D eigenvalue weighted by molar-refractivity contribution is -0.142. The lowest BCUT2D eigenvalue weighted by Crippen LogP contribution is -2.32. The van der Waals surface area contributed by atoms with Crippen LogP contribution in [-0.4, -0.2) is 41.5 Å². The minimum Gasteiger partial charge on any atom is -0.481 e. The van der Waals surface area contributed by atoms with Crippen LogP contribution in [0.1, 0.15) is 12.5 Å². The lowest BCUT2D eigenvalue weighted by atomic mass is 9.99. The fourth-order valence-electron chi connectivity index (χ4n) is 2.63. The summed E-state index contributed by atoms with van der Waals surface area (Å²) in [6.45, 7) is 5.03. The number of amides is 1. The number of carbonyl (C=O) groups is 2. The van der Waals surface area contributed by atoms with Gasteiger partial charge >= 0.3 is 5.97 Å². The highest BCUT2D eigenvalue weighted by atomic mass is 35.5. The normalized spacial score (nSPS) is 22.2. The number of benzene rings is 1. The number of nitrogens with zero attached hydrogens (tertiary/aromatic N) is 1. The summed E-state index contributed by atoms with van der Waals surface area (Å²) in [5.41, 5.74) is 1.60. The fraction of sp³-hybridized carbons (Fsp3) is 0.467. The number of hydrogen-bond acceptors (Lipinski definition) is 3. The van der Waals surface area contributed by atoms with Crippen molar-refractivity contribution in [2.45, 2.75) is 13.8 Å². The number of carbonyl (C=O) groups excluding carboxylic acids is 1. The van der Waals surface area contributed by atoms with E-state index in [1.807, 2.05) is 24.8 Å². The molecule has 2 atom stereocenters. The number of aryl methyl sites for hydroxylation is 1. The van der Waals surface area contributed by atoms with Gasteiger partial charge in [-0.05, 0) is 30.5 Å². The molecule has 0 radical (unpaired) electrons. The largest absolute Gasteiger partial charge is 0.481 e. The highest BCUT2D eigenvalue weighted by molar-refractivity contribution is 6.33. The van der Waals surface area contributed by atoms with Gasteiger partial charge in [-0.25, -0.2) is 0 Å². The van der Waals surface area contributed by atoms with Crippen molar-refractivity contribution in [1.29, 1.82) is 0 Å². The van der Waals surface area contributed by atoms with E-state index in [1.165, 1.54) is 0 Å². The summed E-state index contributed by atoms with van der Waals surface area (Å²) in [7, 11) is 0. The Morgan fingerprint density at radius 2 is 2.14 bits per heavy atom. The van der Waals surface area contributed by atoms with E-state index in [9.17, 15) is 9.59 Å². The second-order valence-corrected chi connectivity index (χ2v) is 6.05. The number of nitrogens with one attached hydrogen (secondary N) is 1. The molecule has 1 aromatic carbocycles. The molecule has 0 saturated carbocycles. The Kier molecular flexibility index (Phi) is 4.85. The van der Waals surface area contributed by atoms with Gasteiger partial charge in [-0.1, -0.05) is 24.6 Å². The summed E-state index contributed by atoms with van der Waals surface area (Å²) in [5, 5.41) is 12.4. The monoisotopic (exact) mass is 310 g/mol. The first-order chi connectivity index (χ1) is 9.86. The van der Waals surface area contributed by atoms with Crippen molar-refractivity contribution in [3.63, 3.8) is 0 Å². The smallest absolute Gasteiger partial charge is 0.308 e. The molecule has 1 aliphatic rings. The van der Waals surface area contributed by atoms with Gasteiger partial charge in [0.05, 0.1) is 23.2 Å². The van der Waals surface area contributed by atoms with Gasteiger partial charge in [0.15, 0.2) is 0 Å². The van der Waals surface area contributed by atoms with Crippen LogP contribution in [0.5, 0.6) is 0 Å². The zero-order valence-corrected chi connectivity index (χ0v) is 12.9. The van der Waals surface area contributed by atoms with Crippen LogP contribution in [0.25, 0.3) is 0 Å². The molecule has 6 heteroatoms.